The molecule has 0 saturated heterocycles. The van der Waals surface area contributed by atoms with Gasteiger partial charge in [0.1, 0.15) is 12.2 Å². The third-order valence-corrected chi connectivity index (χ3v) is 5.45. The zero-order valence-corrected chi connectivity index (χ0v) is 19.6. The maximum atomic E-state index is 12.0. The van der Waals surface area contributed by atoms with E-state index in [-0.39, 0.29) is 0 Å². The maximum Gasteiger partial charge on any atom is 0.304 e. The summed E-state index contributed by atoms with van der Waals surface area (Å²) >= 11 is 0. The Kier molecular flexibility index (Phi) is 8.72. The standard InChI is InChI=1S/C30H28O5/c1-23(31)35-28(18-17-24-11-5-2-6-12-24)30-29(34-22-26-15-9-4-10-16-26)27(19-20-32-30)33-21-25-13-7-3-8-14-25/h2-16,19-20,27-30H,21-22H2,1H3/t27-,28?,29+,30-/m1/s1. The van der Waals surface area contributed by atoms with Crippen LogP contribution in [0.2, 0.25) is 0 Å². The summed E-state index contributed by atoms with van der Waals surface area (Å²) in [6.45, 7) is 2.12. The molecule has 3 aromatic rings. The van der Waals surface area contributed by atoms with E-state index >= 15 is 0 Å². The fourth-order valence-corrected chi connectivity index (χ4v) is 3.74. The number of benzene rings is 3. The summed E-state index contributed by atoms with van der Waals surface area (Å²) in [5, 5.41) is 0. The molecule has 0 bridgehead atoms. The van der Waals surface area contributed by atoms with Crippen LogP contribution in [-0.2, 0) is 37.0 Å². The van der Waals surface area contributed by atoms with Gasteiger partial charge in [0.2, 0.25) is 6.10 Å². The highest BCUT2D eigenvalue weighted by Crippen LogP contribution is 2.25. The molecule has 1 aliphatic rings. The SMILES string of the molecule is CC(=O)OC(C#Cc1ccccc1)[C@H]1OC=C[C@@H](OCc2ccccc2)[C@@H]1OCc1ccccc1. The first-order valence-corrected chi connectivity index (χ1v) is 11.6. The van der Waals surface area contributed by atoms with Crippen LogP contribution in [0.1, 0.15) is 23.6 Å². The molecule has 0 N–H and O–H groups in total. The van der Waals surface area contributed by atoms with Crippen molar-refractivity contribution >= 4 is 5.97 Å². The second-order valence-electron chi connectivity index (χ2n) is 8.12. The van der Waals surface area contributed by atoms with Gasteiger partial charge in [-0.1, -0.05) is 84.8 Å². The fourth-order valence-electron chi connectivity index (χ4n) is 3.74. The Morgan fingerprint density at radius 1 is 0.857 bits per heavy atom. The van der Waals surface area contributed by atoms with E-state index in [1.807, 2.05) is 97.1 Å². The minimum Gasteiger partial charge on any atom is -0.490 e. The summed E-state index contributed by atoms with van der Waals surface area (Å²) in [7, 11) is 0. The van der Waals surface area contributed by atoms with Crippen molar-refractivity contribution in [3.63, 3.8) is 0 Å². The molecule has 5 nitrogen and oxygen atoms in total. The molecule has 4 atom stereocenters. The van der Waals surface area contributed by atoms with Crippen molar-refractivity contribution in [3.8, 4) is 11.8 Å². The lowest BCUT2D eigenvalue weighted by atomic mass is 9.99. The van der Waals surface area contributed by atoms with Gasteiger partial charge in [-0.25, -0.2) is 0 Å². The smallest absolute Gasteiger partial charge is 0.304 e. The summed E-state index contributed by atoms with van der Waals surface area (Å²) in [6, 6.07) is 29.3. The number of hydrogen-bond acceptors (Lipinski definition) is 5. The summed E-state index contributed by atoms with van der Waals surface area (Å²) in [4.78, 5) is 12.0. The van der Waals surface area contributed by atoms with E-state index in [0.29, 0.717) is 13.2 Å². The van der Waals surface area contributed by atoms with Gasteiger partial charge in [-0.3, -0.25) is 4.79 Å². The number of hydrogen-bond donors (Lipinski definition) is 0. The quantitative estimate of drug-likeness (QED) is 0.342. The van der Waals surface area contributed by atoms with Crippen LogP contribution in [0, 0.1) is 11.8 Å². The van der Waals surface area contributed by atoms with Gasteiger partial charge in [0.05, 0.1) is 19.5 Å². The monoisotopic (exact) mass is 468 g/mol. The molecule has 0 aromatic heterocycles. The fraction of sp³-hybridized carbons (Fsp3) is 0.233. The largest absolute Gasteiger partial charge is 0.490 e. The first kappa shape index (κ1) is 24.3. The Morgan fingerprint density at radius 3 is 2.03 bits per heavy atom. The summed E-state index contributed by atoms with van der Waals surface area (Å²) < 4.78 is 24.1. The molecular weight excluding hydrogens is 440 g/mol. The molecule has 0 radical (unpaired) electrons. The third-order valence-electron chi connectivity index (χ3n) is 5.45. The number of esters is 1. The second-order valence-corrected chi connectivity index (χ2v) is 8.12. The summed E-state index contributed by atoms with van der Waals surface area (Å²) in [5.74, 6) is 5.71. The maximum absolute atomic E-state index is 12.0. The van der Waals surface area contributed by atoms with Crippen LogP contribution >= 0.6 is 0 Å². The molecule has 3 aromatic carbocycles. The van der Waals surface area contributed by atoms with E-state index < -0.39 is 30.4 Å². The average Bonchev–Trinajstić information content (AvgIpc) is 2.90. The van der Waals surface area contributed by atoms with Crippen molar-refractivity contribution in [1.82, 2.24) is 0 Å². The van der Waals surface area contributed by atoms with Crippen molar-refractivity contribution < 1.29 is 23.7 Å². The van der Waals surface area contributed by atoms with Gasteiger partial charge < -0.3 is 18.9 Å². The minimum absolute atomic E-state index is 0.351. The summed E-state index contributed by atoms with van der Waals surface area (Å²) in [5.41, 5.74) is 2.88. The van der Waals surface area contributed by atoms with Crippen molar-refractivity contribution in [2.75, 3.05) is 0 Å². The average molecular weight is 469 g/mol. The van der Waals surface area contributed by atoms with Crippen molar-refractivity contribution in [3.05, 3.63) is 120 Å². The normalized spacial score (nSPS) is 19.6. The molecule has 4 rings (SSSR count). The number of carbonyl (C=O) groups excluding carboxylic acids is 1. The Bertz CT molecular complexity index is 1150. The van der Waals surface area contributed by atoms with E-state index in [4.69, 9.17) is 18.9 Å². The Hall–Kier alpha value is -3.85. The zero-order valence-electron chi connectivity index (χ0n) is 19.6. The predicted molar refractivity (Wildman–Crippen MR) is 133 cm³/mol. The van der Waals surface area contributed by atoms with E-state index in [1.54, 1.807) is 6.26 Å². The molecule has 178 valence electrons. The van der Waals surface area contributed by atoms with Crippen LogP contribution < -0.4 is 0 Å². The Labute approximate surface area is 206 Å². The highest BCUT2D eigenvalue weighted by atomic mass is 16.6. The molecule has 0 fully saturated rings. The first-order valence-electron chi connectivity index (χ1n) is 11.6. The lowest BCUT2D eigenvalue weighted by Gasteiger charge is -2.36. The van der Waals surface area contributed by atoms with Gasteiger partial charge in [-0.15, -0.1) is 0 Å². The van der Waals surface area contributed by atoms with Crippen molar-refractivity contribution in [2.24, 2.45) is 0 Å². The van der Waals surface area contributed by atoms with E-state index in [9.17, 15) is 4.79 Å². The molecule has 1 unspecified atom stereocenters. The number of carbonyl (C=O) groups is 1. The van der Waals surface area contributed by atoms with Gasteiger partial charge in [0.25, 0.3) is 0 Å². The molecule has 0 aliphatic carbocycles. The van der Waals surface area contributed by atoms with Crippen LogP contribution in [0.4, 0.5) is 0 Å². The van der Waals surface area contributed by atoms with Gasteiger partial charge in [0, 0.05) is 12.5 Å². The van der Waals surface area contributed by atoms with Gasteiger partial charge in [-0.05, 0) is 35.3 Å². The van der Waals surface area contributed by atoms with Crippen LogP contribution in [-0.4, -0.2) is 30.4 Å². The predicted octanol–water partition coefficient (Wildman–Crippen LogP) is 5.05. The van der Waals surface area contributed by atoms with Crippen LogP contribution in [0.3, 0.4) is 0 Å². The third kappa shape index (κ3) is 7.31. The lowest BCUT2D eigenvalue weighted by Crippen LogP contribution is -2.50. The molecule has 1 heterocycles. The van der Waals surface area contributed by atoms with Gasteiger partial charge in [0.15, 0.2) is 6.10 Å². The molecule has 0 amide bonds. The van der Waals surface area contributed by atoms with E-state index in [2.05, 4.69) is 11.8 Å². The lowest BCUT2D eigenvalue weighted by molar-refractivity contribution is -0.170. The topological polar surface area (TPSA) is 54.0 Å². The molecule has 5 heteroatoms. The molecule has 0 saturated carbocycles. The second kappa shape index (κ2) is 12.6. The minimum atomic E-state index is -0.846. The van der Waals surface area contributed by atoms with Crippen molar-refractivity contribution in [2.45, 2.75) is 44.6 Å². The Morgan fingerprint density at radius 2 is 1.43 bits per heavy atom. The van der Waals surface area contributed by atoms with Crippen LogP contribution in [0.5, 0.6) is 0 Å². The molecule has 0 spiro atoms. The number of rotatable bonds is 8. The summed E-state index contributed by atoms with van der Waals surface area (Å²) in [6.07, 6.45) is 0.895. The van der Waals surface area contributed by atoms with E-state index in [1.165, 1.54) is 6.92 Å². The van der Waals surface area contributed by atoms with Gasteiger partial charge >= 0.3 is 5.97 Å². The van der Waals surface area contributed by atoms with Crippen LogP contribution in [0.25, 0.3) is 0 Å². The highest BCUT2D eigenvalue weighted by Gasteiger charge is 2.40. The number of ether oxygens (including phenoxy) is 4. The Balaban J connectivity index is 1.58. The molecular formula is C30H28O5. The van der Waals surface area contributed by atoms with Gasteiger partial charge in [-0.2, -0.15) is 0 Å². The first-order chi connectivity index (χ1) is 17.2. The van der Waals surface area contributed by atoms with E-state index in [0.717, 1.165) is 16.7 Å². The highest BCUT2D eigenvalue weighted by molar-refractivity contribution is 5.66. The molecule has 1 aliphatic heterocycles. The zero-order chi connectivity index (χ0) is 24.3. The molecule has 35 heavy (non-hydrogen) atoms. The van der Waals surface area contributed by atoms with Crippen LogP contribution in [0.15, 0.2) is 103 Å². The van der Waals surface area contributed by atoms with Crippen molar-refractivity contribution in [1.29, 1.82) is 0 Å².